The Morgan fingerprint density at radius 3 is 2.30 bits per heavy atom. The van der Waals surface area contributed by atoms with Crippen LogP contribution in [0.5, 0.6) is 0 Å². The highest BCUT2D eigenvalue weighted by atomic mass is 16.7. The van der Waals surface area contributed by atoms with Crippen molar-refractivity contribution < 1.29 is 44.8 Å². The molecule has 0 spiro atoms. The molecule has 2 rings (SSSR count). The molecule has 8 atom stereocenters. The average Bonchev–Trinajstić information content (AvgIpc) is 2.43. The van der Waals surface area contributed by atoms with Gasteiger partial charge in [-0.15, -0.1) is 0 Å². The van der Waals surface area contributed by atoms with Gasteiger partial charge in [-0.3, -0.25) is 0 Å². The molecule has 20 heavy (non-hydrogen) atoms. The molecule has 0 saturated carbocycles. The van der Waals surface area contributed by atoms with E-state index in [4.69, 9.17) is 19.3 Å². The summed E-state index contributed by atoms with van der Waals surface area (Å²) in [6.07, 6.45) is -9.82. The van der Waals surface area contributed by atoms with Gasteiger partial charge in [0, 0.05) is 6.42 Å². The second-order valence-electron chi connectivity index (χ2n) is 4.98. The zero-order valence-electron chi connectivity index (χ0n) is 10.6. The molecule has 0 amide bonds. The van der Waals surface area contributed by atoms with Gasteiger partial charge in [0.2, 0.25) is 0 Å². The SMILES string of the molecule is OCC1O[C@H](O[C@@H]2CO[C@@H](O)C(O)C2)C(O)[C@H](O)[C@H]1O. The second-order valence-corrected chi connectivity index (χ2v) is 4.98. The Morgan fingerprint density at radius 1 is 1.00 bits per heavy atom. The van der Waals surface area contributed by atoms with E-state index in [0.717, 1.165) is 0 Å². The third kappa shape index (κ3) is 3.27. The molecule has 0 aromatic carbocycles. The van der Waals surface area contributed by atoms with Crippen LogP contribution >= 0.6 is 0 Å². The molecule has 0 aromatic heterocycles. The van der Waals surface area contributed by atoms with Gasteiger partial charge in [-0.05, 0) is 0 Å². The Hall–Kier alpha value is -0.360. The summed E-state index contributed by atoms with van der Waals surface area (Å²) in [5.41, 5.74) is 0. The van der Waals surface area contributed by atoms with Crippen molar-refractivity contribution in [1.82, 2.24) is 0 Å². The summed E-state index contributed by atoms with van der Waals surface area (Å²) in [4.78, 5) is 0. The predicted octanol–water partition coefficient (Wildman–Crippen LogP) is -3.73. The van der Waals surface area contributed by atoms with Crippen LogP contribution in [0.3, 0.4) is 0 Å². The average molecular weight is 296 g/mol. The Balaban J connectivity index is 1.94. The largest absolute Gasteiger partial charge is 0.394 e. The number of aliphatic hydroxyl groups excluding tert-OH is 6. The van der Waals surface area contributed by atoms with E-state index in [9.17, 15) is 25.5 Å². The highest BCUT2D eigenvalue weighted by molar-refractivity contribution is 4.89. The molecule has 0 aromatic rings. The van der Waals surface area contributed by atoms with Gasteiger partial charge in [-0.1, -0.05) is 0 Å². The van der Waals surface area contributed by atoms with Gasteiger partial charge in [0.15, 0.2) is 12.6 Å². The summed E-state index contributed by atoms with van der Waals surface area (Å²) < 4.78 is 15.4. The summed E-state index contributed by atoms with van der Waals surface area (Å²) in [7, 11) is 0. The minimum Gasteiger partial charge on any atom is -0.394 e. The molecule has 9 heteroatoms. The van der Waals surface area contributed by atoms with Gasteiger partial charge < -0.3 is 44.8 Å². The fraction of sp³-hybridized carbons (Fsp3) is 1.00. The first-order chi connectivity index (χ1) is 9.43. The third-order valence-electron chi connectivity index (χ3n) is 3.46. The van der Waals surface area contributed by atoms with Gasteiger partial charge in [-0.25, -0.2) is 0 Å². The van der Waals surface area contributed by atoms with Crippen LogP contribution in [0.1, 0.15) is 6.42 Å². The van der Waals surface area contributed by atoms with Gasteiger partial charge in [0.05, 0.1) is 19.3 Å². The van der Waals surface area contributed by atoms with Gasteiger partial charge in [-0.2, -0.15) is 0 Å². The van der Waals surface area contributed by atoms with Gasteiger partial charge >= 0.3 is 0 Å². The van der Waals surface area contributed by atoms with E-state index >= 15 is 0 Å². The lowest BCUT2D eigenvalue weighted by atomic mass is 9.99. The standard InChI is InChI=1S/C11H20O9/c12-2-6-7(14)8(15)9(16)11(20-6)19-4-1-5(13)10(17)18-3-4/h4-17H,1-3H2/t4-,5?,6?,7-,8+,9?,10+,11-/m0/s1. The lowest BCUT2D eigenvalue weighted by Crippen LogP contribution is -2.60. The van der Waals surface area contributed by atoms with Crippen molar-refractivity contribution in [2.24, 2.45) is 0 Å². The minimum atomic E-state index is -1.52. The lowest BCUT2D eigenvalue weighted by molar-refractivity contribution is -0.326. The molecule has 0 aliphatic carbocycles. The molecule has 2 fully saturated rings. The van der Waals surface area contributed by atoms with Crippen molar-refractivity contribution in [3.05, 3.63) is 0 Å². The zero-order valence-corrected chi connectivity index (χ0v) is 10.6. The van der Waals surface area contributed by atoms with E-state index in [1.165, 1.54) is 0 Å². The van der Waals surface area contributed by atoms with E-state index < -0.39 is 55.8 Å². The molecule has 118 valence electrons. The zero-order chi connectivity index (χ0) is 14.9. The van der Waals surface area contributed by atoms with Crippen LogP contribution in [0.15, 0.2) is 0 Å². The van der Waals surface area contributed by atoms with E-state index in [1.807, 2.05) is 0 Å². The second kappa shape index (κ2) is 6.60. The topological polar surface area (TPSA) is 149 Å². The highest BCUT2D eigenvalue weighted by Gasteiger charge is 2.45. The Bertz CT molecular complexity index is 312. The maximum atomic E-state index is 9.78. The van der Waals surface area contributed by atoms with Crippen LogP contribution < -0.4 is 0 Å². The highest BCUT2D eigenvalue weighted by Crippen LogP contribution is 2.25. The maximum absolute atomic E-state index is 9.78. The molecule has 6 N–H and O–H groups in total. The molecule has 2 saturated heterocycles. The van der Waals surface area contributed by atoms with Crippen molar-refractivity contribution in [3.8, 4) is 0 Å². The number of ether oxygens (including phenoxy) is 3. The molecule has 2 heterocycles. The summed E-state index contributed by atoms with van der Waals surface area (Å²) in [6, 6.07) is 0. The summed E-state index contributed by atoms with van der Waals surface area (Å²) in [5.74, 6) is 0. The monoisotopic (exact) mass is 296 g/mol. The first-order valence-corrected chi connectivity index (χ1v) is 6.37. The third-order valence-corrected chi connectivity index (χ3v) is 3.46. The number of rotatable bonds is 3. The van der Waals surface area contributed by atoms with Crippen molar-refractivity contribution in [2.75, 3.05) is 13.2 Å². The van der Waals surface area contributed by atoms with Crippen LogP contribution in [0.25, 0.3) is 0 Å². The summed E-state index contributed by atoms with van der Waals surface area (Å²) >= 11 is 0. The van der Waals surface area contributed by atoms with Crippen molar-refractivity contribution >= 4 is 0 Å². The molecule has 2 aliphatic rings. The van der Waals surface area contributed by atoms with Crippen LogP contribution in [-0.2, 0) is 14.2 Å². The number of hydrogen-bond donors (Lipinski definition) is 6. The smallest absolute Gasteiger partial charge is 0.187 e. The van der Waals surface area contributed by atoms with Crippen LogP contribution in [0, 0.1) is 0 Å². The fourth-order valence-electron chi connectivity index (χ4n) is 2.24. The minimum absolute atomic E-state index is 0.0206. The first kappa shape index (κ1) is 16.0. The summed E-state index contributed by atoms with van der Waals surface area (Å²) in [6.45, 7) is -0.569. The molecule has 0 radical (unpaired) electrons. The lowest BCUT2D eigenvalue weighted by Gasteiger charge is -2.41. The molecular formula is C11H20O9. The Labute approximate surface area is 114 Å². The maximum Gasteiger partial charge on any atom is 0.187 e. The molecular weight excluding hydrogens is 276 g/mol. The van der Waals surface area contributed by atoms with Crippen LogP contribution in [0.2, 0.25) is 0 Å². The van der Waals surface area contributed by atoms with Crippen molar-refractivity contribution in [2.45, 2.75) is 55.6 Å². The van der Waals surface area contributed by atoms with Crippen molar-refractivity contribution in [1.29, 1.82) is 0 Å². The fourth-order valence-corrected chi connectivity index (χ4v) is 2.24. The molecule has 2 aliphatic heterocycles. The van der Waals surface area contributed by atoms with Gasteiger partial charge in [0.1, 0.15) is 30.5 Å². The van der Waals surface area contributed by atoms with E-state index in [1.54, 1.807) is 0 Å². The van der Waals surface area contributed by atoms with Crippen LogP contribution in [-0.4, -0.2) is 93.1 Å². The Kier molecular flexibility index (Phi) is 5.29. The normalized spacial score (nSPS) is 50.1. The Morgan fingerprint density at radius 2 is 1.70 bits per heavy atom. The molecule has 3 unspecified atom stereocenters. The number of aliphatic hydroxyl groups is 6. The van der Waals surface area contributed by atoms with Crippen molar-refractivity contribution in [3.63, 3.8) is 0 Å². The predicted molar refractivity (Wildman–Crippen MR) is 61.2 cm³/mol. The summed E-state index contributed by atoms with van der Waals surface area (Å²) in [5, 5.41) is 56.7. The van der Waals surface area contributed by atoms with E-state index in [2.05, 4.69) is 0 Å². The molecule has 9 nitrogen and oxygen atoms in total. The molecule has 0 bridgehead atoms. The first-order valence-electron chi connectivity index (χ1n) is 6.37. The van der Waals surface area contributed by atoms with Crippen LogP contribution in [0.4, 0.5) is 0 Å². The number of hydrogen-bond acceptors (Lipinski definition) is 9. The van der Waals surface area contributed by atoms with E-state index in [-0.39, 0.29) is 13.0 Å². The van der Waals surface area contributed by atoms with E-state index in [0.29, 0.717) is 0 Å². The van der Waals surface area contributed by atoms with Gasteiger partial charge in [0.25, 0.3) is 0 Å². The quantitative estimate of drug-likeness (QED) is 0.309.